The van der Waals surface area contributed by atoms with Crippen LogP contribution in [0.4, 0.5) is 0 Å². The fourth-order valence-corrected chi connectivity index (χ4v) is 2.72. The van der Waals surface area contributed by atoms with Gasteiger partial charge in [0.25, 0.3) is 0 Å². The maximum absolute atomic E-state index is 12.1. The van der Waals surface area contributed by atoms with E-state index < -0.39 is 29.7 Å². The molecule has 1 aromatic rings. The Morgan fingerprint density at radius 3 is 2.50 bits per heavy atom. The lowest BCUT2D eigenvalue weighted by atomic mass is 10.1. The molecule has 26 heavy (non-hydrogen) atoms. The summed E-state index contributed by atoms with van der Waals surface area (Å²) < 4.78 is 10.2. The van der Waals surface area contributed by atoms with E-state index in [-0.39, 0.29) is 0 Å². The van der Waals surface area contributed by atoms with Crippen LogP contribution in [-0.4, -0.2) is 53.0 Å². The van der Waals surface area contributed by atoms with Gasteiger partial charge in [-0.25, -0.2) is 9.59 Å². The molecule has 1 heterocycles. The molecule has 0 bridgehead atoms. The maximum Gasteiger partial charge on any atom is 0.338 e. The minimum absolute atomic E-state index is 0.315. The first-order chi connectivity index (χ1) is 12.2. The average Bonchev–Trinajstić information content (AvgIpc) is 3.01. The van der Waals surface area contributed by atoms with E-state index in [1.54, 1.807) is 57.0 Å². The third-order valence-corrected chi connectivity index (χ3v) is 3.85. The molecule has 1 fully saturated rings. The third-order valence-electron chi connectivity index (χ3n) is 3.85. The number of rotatable bonds is 6. The molecule has 1 aliphatic rings. The van der Waals surface area contributed by atoms with Gasteiger partial charge in [-0.3, -0.25) is 0 Å². The zero-order chi connectivity index (χ0) is 19.3. The molecule has 0 amide bonds. The maximum atomic E-state index is 12.1. The minimum Gasteiger partial charge on any atom is -0.462 e. The summed E-state index contributed by atoms with van der Waals surface area (Å²) in [4.78, 5) is 29.6. The predicted molar refractivity (Wildman–Crippen MR) is 94.6 cm³/mol. The number of carbonyl (C=O) groups is 2. The lowest BCUT2D eigenvalue weighted by molar-refractivity contribution is -0.176. The van der Waals surface area contributed by atoms with Crippen LogP contribution in [0.3, 0.4) is 0 Å². The van der Waals surface area contributed by atoms with Crippen molar-refractivity contribution in [3.05, 3.63) is 29.8 Å². The second-order valence-electron chi connectivity index (χ2n) is 7.16. The van der Waals surface area contributed by atoms with E-state index in [9.17, 15) is 14.7 Å². The van der Waals surface area contributed by atoms with Gasteiger partial charge >= 0.3 is 11.9 Å². The molecule has 1 aliphatic heterocycles. The van der Waals surface area contributed by atoms with Crippen LogP contribution in [0.2, 0.25) is 0 Å². The number of hydrogen-bond acceptors (Lipinski definition) is 7. The van der Waals surface area contributed by atoms with Gasteiger partial charge < -0.3 is 19.4 Å². The SMILES string of the molecule is CCOC(=O)c1ccc(ON2CCCC2C(O)C(=O)OC(C)(C)C)cc1. The normalized spacial score (nSPS) is 19.0. The zero-order valence-corrected chi connectivity index (χ0v) is 15.7. The van der Waals surface area contributed by atoms with Crippen molar-refractivity contribution in [1.29, 1.82) is 0 Å². The number of ether oxygens (including phenoxy) is 2. The smallest absolute Gasteiger partial charge is 0.338 e. The Kier molecular flexibility index (Phi) is 6.61. The minimum atomic E-state index is -1.28. The van der Waals surface area contributed by atoms with Gasteiger partial charge in [0.15, 0.2) is 6.10 Å². The first kappa shape index (κ1) is 20.2. The molecule has 2 rings (SSSR count). The summed E-state index contributed by atoms with van der Waals surface area (Å²) in [6, 6.07) is 6.06. The average molecular weight is 365 g/mol. The van der Waals surface area contributed by atoms with Crippen molar-refractivity contribution in [2.24, 2.45) is 0 Å². The van der Waals surface area contributed by atoms with Crippen molar-refractivity contribution in [1.82, 2.24) is 5.06 Å². The lowest BCUT2D eigenvalue weighted by Crippen LogP contribution is -2.47. The zero-order valence-electron chi connectivity index (χ0n) is 15.7. The van der Waals surface area contributed by atoms with Crippen molar-refractivity contribution in [2.75, 3.05) is 13.2 Å². The van der Waals surface area contributed by atoms with Crippen molar-refractivity contribution in [2.45, 2.75) is 58.3 Å². The molecule has 144 valence electrons. The van der Waals surface area contributed by atoms with Crippen molar-refractivity contribution in [3.8, 4) is 5.75 Å². The Balaban J connectivity index is 1.99. The molecule has 1 N–H and O–H groups in total. The van der Waals surface area contributed by atoms with E-state index in [4.69, 9.17) is 14.3 Å². The molecule has 2 unspecified atom stereocenters. The second-order valence-corrected chi connectivity index (χ2v) is 7.16. The Bertz CT molecular complexity index is 622. The first-order valence-corrected chi connectivity index (χ1v) is 8.84. The van der Waals surface area contributed by atoms with Crippen LogP contribution in [0.5, 0.6) is 5.75 Å². The number of hydrogen-bond donors (Lipinski definition) is 1. The van der Waals surface area contributed by atoms with Gasteiger partial charge in [0, 0.05) is 6.54 Å². The van der Waals surface area contributed by atoms with Crippen molar-refractivity contribution >= 4 is 11.9 Å². The van der Waals surface area contributed by atoms with Gasteiger partial charge in [-0.1, -0.05) is 0 Å². The number of aliphatic hydroxyl groups is 1. The topological polar surface area (TPSA) is 85.3 Å². The monoisotopic (exact) mass is 365 g/mol. The van der Waals surface area contributed by atoms with Gasteiger partial charge in [-0.2, -0.15) is 0 Å². The summed E-state index contributed by atoms with van der Waals surface area (Å²) in [5.41, 5.74) is -0.225. The van der Waals surface area contributed by atoms with Crippen molar-refractivity contribution in [3.63, 3.8) is 0 Å². The molecule has 0 aromatic heterocycles. The van der Waals surface area contributed by atoms with Crippen LogP contribution in [0.1, 0.15) is 50.9 Å². The summed E-state index contributed by atoms with van der Waals surface area (Å²) in [5, 5.41) is 11.9. The molecule has 0 spiro atoms. The fraction of sp³-hybridized carbons (Fsp3) is 0.579. The highest BCUT2D eigenvalue weighted by Gasteiger charge is 2.38. The number of aliphatic hydroxyl groups excluding tert-OH is 1. The molecular formula is C19H27NO6. The number of benzene rings is 1. The third kappa shape index (κ3) is 5.44. The van der Waals surface area contributed by atoms with E-state index in [1.807, 2.05) is 0 Å². The standard InChI is InChI=1S/C19H27NO6/c1-5-24-17(22)13-8-10-14(11-9-13)26-20-12-6-7-15(20)16(21)18(23)25-19(2,3)4/h8-11,15-16,21H,5-7,12H2,1-4H3. The van der Waals surface area contributed by atoms with Gasteiger partial charge in [0.2, 0.25) is 0 Å². The molecule has 1 aromatic carbocycles. The van der Waals surface area contributed by atoms with Crippen LogP contribution in [0, 0.1) is 0 Å². The predicted octanol–water partition coefficient (Wildman–Crippen LogP) is 2.32. The quantitative estimate of drug-likeness (QED) is 0.774. The number of hydroxylamine groups is 2. The van der Waals surface area contributed by atoms with Crippen LogP contribution < -0.4 is 4.84 Å². The highest BCUT2D eigenvalue weighted by Crippen LogP contribution is 2.25. The molecule has 0 aliphatic carbocycles. The summed E-state index contributed by atoms with van der Waals surface area (Å²) in [6.07, 6.45) is 0.141. The largest absolute Gasteiger partial charge is 0.462 e. The number of nitrogens with zero attached hydrogens (tertiary/aromatic N) is 1. The van der Waals surface area contributed by atoms with E-state index in [2.05, 4.69) is 0 Å². The van der Waals surface area contributed by atoms with E-state index in [1.165, 1.54) is 0 Å². The van der Waals surface area contributed by atoms with Crippen LogP contribution in [0.15, 0.2) is 24.3 Å². The number of carbonyl (C=O) groups excluding carboxylic acids is 2. The molecule has 7 heteroatoms. The van der Waals surface area contributed by atoms with Gasteiger partial charge in [0.1, 0.15) is 11.4 Å². The van der Waals surface area contributed by atoms with Crippen LogP contribution >= 0.6 is 0 Å². The van der Waals surface area contributed by atoms with Crippen LogP contribution in [0.25, 0.3) is 0 Å². The molecule has 2 atom stereocenters. The fourth-order valence-electron chi connectivity index (χ4n) is 2.72. The molecule has 0 saturated carbocycles. The molecular weight excluding hydrogens is 338 g/mol. The highest BCUT2D eigenvalue weighted by molar-refractivity contribution is 5.89. The van der Waals surface area contributed by atoms with Gasteiger partial charge in [-0.15, -0.1) is 5.06 Å². The van der Waals surface area contributed by atoms with E-state index in [0.717, 1.165) is 6.42 Å². The van der Waals surface area contributed by atoms with Crippen molar-refractivity contribution < 1.29 is 29.0 Å². The Hall–Kier alpha value is -2.12. The Morgan fingerprint density at radius 2 is 1.92 bits per heavy atom. The summed E-state index contributed by atoms with van der Waals surface area (Å²) in [7, 11) is 0. The highest BCUT2D eigenvalue weighted by atomic mass is 16.7. The van der Waals surface area contributed by atoms with Crippen LogP contribution in [-0.2, 0) is 14.3 Å². The molecule has 0 radical (unpaired) electrons. The lowest BCUT2D eigenvalue weighted by Gasteiger charge is -2.29. The van der Waals surface area contributed by atoms with E-state index >= 15 is 0 Å². The molecule has 1 saturated heterocycles. The number of esters is 2. The Labute approximate surface area is 153 Å². The summed E-state index contributed by atoms with van der Waals surface area (Å²) in [5.74, 6) is -0.532. The van der Waals surface area contributed by atoms with Gasteiger partial charge in [-0.05, 0) is 64.8 Å². The summed E-state index contributed by atoms with van der Waals surface area (Å²) in [6.45, 7) is 7.92. The van der Waals surface area contributed by atoms with E-state index in [0.29, 0.717) is 30.9 Å². The first-order valence-electron chi connectivity index (χ1n) is 8.84. The molecule has 7 nitrogen and oxygen atoms in total. The summed E-state index contributed by atoms with van der Waals surface area (Å²) >= 11 is 0. The second kappa shape index (κ2) is 8.51. The Morgan fingerprint density at radius 1 is 1.27 bits per heavy atom. The van der Waals surface area contributed by atoms with Gasteiger partial charge in [0.05, 0.1) is 18.2 Å².